The van der Waals surface area contributed by atoms with E-state index in [0.29, 0.717) is 25.7 Å². The van der Waals surface area contributed by atoms with Gasteiger partial charge >= 0.3 is 0 Å². The van der Waals surface area contributed by atoms with Gasteiger partial charge in [0.15, 0.2) is 0 Å². The maximum atomic E-state index is 12.5. The van der Waals surface area contributed by atoms with Crippen LogP contribution in [0, 0.1) is 11.3 Å². The summed E-state index contributed by atoms with van der Waals surface area (Å²) in [6.45, 7) is 10.4. The van der Waals surface area contributed by atoms with Gasteiger partial charge in [-0.25, -0.2) is 0 Å². The number of aliphatic hydroxyl groups is 1. The van der Waals surface area contributed by atoms with Crippen molar-refractivity contribution in [3.05, 3.63) is 41.5 Å². The summed E-state index contributed by atoms with van der Waals surface area (Å²) in [5.74, 6) is 0.648. The fourth-order valence-electron chi connectivity index (χ4n) is 3.31. The zero-order valence-corrected chi connectivity index (χ0v) is 16.5. The molecule has 4 heteroatoms. The van der Waals surface area contributed by atoms with Gasteiger partial charge in [0.25, 0.3) is 0 Å². The van der Waals surface area contributed by atoms with Crippen LogP contribution in [0.25, 0.3) is 5.57 Å². The first-order valence-corrected chi connectivity index (χ1v) is 9.65. The molecule has 1 aliphatic rings. The topological polar surface area (TPSA) is 58.6 Å². The third-order valence-corrected chi connectivity index (χ3v) is 5.35. The third kappa shape index (κ3) is 5.42. The van der Waals surface area contributed by atoms with Crippen molar-refractivity contribution < 1.29 is 14.6 Å². The number of rotatable bonds is 7. The summed E-state index contributed by atoms with van der Waals surface area (Å²) in [5.41, 5.74) is 3.16. The molecule has 0 aromatic heterocycles. The number of hydrogen-bond acceptors (Lipinski definition) is 3. The van der Waals surface area contributed by atoms with E-state index in [1.54, 1.807) is 6.08 Å². The molecular formula is C22H33NO3. The Hall–Kier alpha value is -1.65. The average molecular weight is 360 g/mol. The number of amides is 1. The largest absolute Gasteiger partial charge is 0.396 e. The highest BCUT2D eigenvalue weighted by Crippen LogP contribution is 2.29. The monoisotopic (exact) mass is 359 g/mol. The number of ether oxygens (including phenoxy) is 1. The summed E-state index contributed by atoms with van der Waals surface area (Å²) in [5, 5.41) is 12.7. The molecule has 0 atom stereocenters. The number of hydrogen-bond donors (Lipinski definition) is 2. The average Bonchev–Trinajstić information content (AvgIpc) is 2.65. The van der Waals surface area contributed by atoms with Crippen LogP contribution in [0.1, 0.15) is 57.6 Å². The number of nitrogens with one attached hydrogen (secondary N) is 1. The van der Waals surface area contributed by atoms with Crippen molar-refractivity contribution in [1.29, 1.82) is 0 Å². The summed E-state index contributed by atoms with van der Waals surface area (Å²) in [4.78, 5) is 12.5. The van der Waals surface area contributed by atoms with E-state index in [-0.39, 0.29) is 23.8 Å². The SMILES string of the molecule is CC(C)/C(=C\C(=O)NCC1(CO)CCOCC1)c1ccc(C(C)C)cc1. The fourth-order valence-corrected chi connectivity index (χ4v) is 3.31. The Morgan fingerprint density at radius 3 is 2.31 bits per heavy atom. The van der Waals surface area contributed by atoms with Crippen LogP contribution in [0.5, 0.6) is 0 Å². The Labute approximate surface area is 157 Å². The number of allylic oxidation sites excluding steroid dienone is 1. The lowest BCUT2D eigenvalue weighted by Gasteiger charge is -2.35. The summed E-state index contributed by atoms with van der Waals surface area (Å²) in [6.07, 6.45) is 3.27. The maximum absolute atomic E-state index is 12.5. The second-order valence-electron chi connectivity index (χ2n) is 8.02. The van der Waals surface area contributed by atoms with Crippen LogP contribution < -0.4 is 5.32 Å². The lowest BCUT2D eigenvalue weighted by atomic mass is 9.81. The van der Waals surface area contributed by atoms with Crippen molar-refractivity contribution in [3.63, 3.8) is 0 Å². The molecule has 0 saturated carbocycles. The summed E-state index contributed by atoms with van der Waals surface area (Å²) >= 11 is 0. The molecule has 0 bridgehead atoms. The summed E-state index contributed by atoms with van der Waals surface area (Å²) in [6, 6.07) is 8.47. The fraction of sp³-hybridized carbons (Fsp3) is 0.591. The van der Waals surface area contributed by atoms with Gasteiger partial charge in [-0.05, 0) is 41.4 Å². The number of carbonyl (C=O) groups excluding carboxylic acids is 1. The Morgan fingerprint density at radius 2 is 1.81 bits per heavy atom. The molecule has 0 radical (unpaired) electrons. The molecule has 0 unspecified atom stereocenters. The number of carbonyl (C=O) groups is 1. The van der Waals surface area contributed by atoms with Crippen LogP contribution in [0.3, 0.4) is 0 Å². The standard InChI is InChI=1S/C22H33NO3/c1-16(2)18-5-7-19(8-6-18)20(17(3)4)13-21(25)23-14-22(15-24)9-11-26-12-10-22/h5-8,13,16-17,24H,9-12,14-15H2,1-4H3,(H,23,25)/b20-13+. The molecule has 1 amide bonds. The van der Waals surface area contributed by atoms with Gasteiger partial charge in [-0.15, -0.1) is 0 Å². The first kappa shape index (κ1) is 20.7. The molecule has 1 heterocycles. The number of aliphatic hydroxyl groups excluding tert-OH is 1. The molecule has 2 rings (SSSR count). The Bertz CT molecular complexity index is 611. The molecule has 26 heavy (non-hydrogen) atoms. The van der Waals surface area contributed by atoms with E-state index in [1.165, 1.54) is 5.56 Å². The van der Waals surface area contributed by atoms with Gasteiger partial charge < -0.3 is 15.2 Å². The molecular weight excluding hydrogens is 326 g/mol. The van der Waals surface area contributed by atoms with Gasteiger partial charge in [0.1, 0.15) is 0 Å². The van der Waals surface area contributed by atoms with Crippen LogP contribution in [0.2, 0.25) is 0 Å². The van der Waals surface area contributed by atoms with Crippen molar-refractivity contribution in [3.8, 4) is 0 Å². The Kier molecular flexibility index (Phi) is 7.42. The van der Waals surface area contributed by atoms with Gasteiger partial charge in [0.2, 0.25) is 5.91 Å². The predicted molar refractivity (Wildman–Crippen MR) is 106 cm³/mol. The van der Waals surface area contributed by atoms with E-state index < -0.39 is 0 Å². The number of benzene rings is 1. The molecule has 1 saturated heterocycles. The summed E-state index contributed by atoms with van der Waals surface area (Å²) < 4.78 is 5.38. The first-order chi connectivity index (χ1) is 12.4. The minimum atomic E-state index is -0.251. The zero-order valence-electron chi connectivity index (χ0n) is 16.5. The highest BCUT2D eigenvalue weighted by Gasteiger charge is 2.32. The van der Waals surface area contributed by atoms with Gasteiger partial charge in [-0.2, -0.15) is 0 Å². The van der Waals surface area contributed by atoms with Crippen LogP contribution in [0.4, 0.5) is 0 Å². The minimum Gasteiger partial charge on any atom is -0.396 e. The second kappa shape index (κ2) is 9.33. The quantitative estimate of drug-likeness (QED) is 0.729. The van der Waals surface area contributed by atoms with Crippen molar-refractivity contribution >= 4 is 11.5 Å². The first-order valence-electron chi connectivity index (χ1n) is 9.65. The molecule has 2 N–H and O–H groups in total. The maximum Gasteiger partial charge on any atom is 0.244 e. The lowest BCUT2D eigenvalue weighted by molar-refractivity contribution is -0.117. The highest BCUT2D eigenvalue weighted by molar-refractivity contribution is 5.95. The van der Waals surface area contributed by atoms with Crippen LogP contribution in [-0.4, -0.2) is 37.4 Å². The van der Waals surface area contributed by atoms with E-state index in [2.05, 4.69) is 57.3 Å². The molecule has 1 aromatic rings. The van der Waals surface area contributed by atoms with E-state index in [1.807, 2.05) is 0 Å². The van der Waals surface area contributed by atoms with Crippen molar-refractivity contribution in [1.82, 2.24) is 5.32 Å². The van der Waals surface area contributed by atoms with Gasteiger partial charge in [0, 0.05) is 31.2 Å². The third-order valence-electron chi connectivity index (χ3n) is 5.35. The lowest BCUT2D eigenvalue weighted by Crippen LogP contribution is -2.43. The Morgan fingerprint density at radius 1 is 1.19 bits per heavy atom. The second-order valence-corrected chi connectivity index (χ2v) is 8.02. The van der Waals surface area contributed by atoms with E-state index in [0.717, 1.165) is 24.0 Å². The molecule has 1 aliphatic heterocycles. The normalized spacial score (nSPS) is 17.6. The Balaban J connectivity index is 2.08. The van der Waals surface area contributed by atoms with Crippen LogP contribution in [0.15, 0.2) is 30.3 Å². The van der Waals surface area contributed by atoms with Gasteiger partial charge in [-0.1, -0.05) is 52.0 Å². The van der Waals surface area contributed by atoms with E-state index in [4.69, 9.17) is 4.74 Å². The predicted octanol–water partition coefficient (Wildman–Crippen LogP) is 3.75. The molecule has 144 valence electrons. The van der Waals surface area contributed by atoms with Crippen LogP contribution >= 0.6 is 0 Å². The van der Waals surface area contributed by atoms with Crippen molar-refractivity contribution in [2.45, 2.75) is 46.5 Å². The molecule has 1 fully saturated rings. The molecule has 4 nitrogen and oxygen atoms in total. The molecule has 0 aliphatic carbocycles. The van der Waals surface area contributed by atoms with Crippen molar-refractivity contribution in [2.24, 2.45) is 11.3 Å². The molecule has 0 spiro atoms. The van der Waals surface area contributed by atoms with Gasteiger partial charge in [0.05, 0.1) is 6.61 Å². The van der Waals surface area contributed by atoms with Crippen LogP contribution in [-0.2, 0) is 9.53 Å². The zero-order chi connectivity index (χ0) is 19.2. The smallest absolute Gasteiger partial charge is 0.244 e. The van der Waals surface area contributed by atoms with E-state index in [9.17, 15) is 9.90 Å². The summed E-state index contributed by atoms with van der Waals surface area (Å²) in [7, 11) is 0. The molecule has 1 aromatic carbocycles. The van der Waals surface area contributed by atoms with Gasteiger partial charge in [-0.3, -0.25) is 4.79 Å². The van der Waals surface area contributed by atoms with E-state index >= 15 is 0 Å². The van der Waals surface area contributed by atoms with Crippen molar-refractivity contribution in [2.75, 3.05) is 26.4 Å². The minimum absolute atomic E-state index is 0.0774. The highest BCUT2D eigenvalue weighted by atomic mass is 16.5.